The summed E-state index contributed by atoms with van der Waals surface area (Å²) in [5.41, 5.74) is 6.73. The van der Waals surface area contributed by atoms with Gasteiger partial charge >= 0.3 is 0 Å². The zero-order valence-electron chi connectivity index (χ0n) is 19.2. The highest BCUT2D eigenvalue weighted by atomic mass is 19.1. The zero-order chi connectivity index (χ0) is 24.2. The third-order valence-corrected chi connectivity index (χ3v) is 5.79. The fraction of sp³-hybridized carbons (Fsp3) is 0.143. The van der Waals surface area contributed by atoms with Crippen molar-refractivity contribution in [2.45, 2.75) is 26.2 Å². The quantitative estimate of drug-likeness (QED) is 0.300. The van der Waals surface area contributed by atoms with Crippen LogP contribution < -0.4 is 15.5 Å². The second kappa shape index (κ2) is 9.85. The van der Waals surface area contributed by atoms with E-state index < -0.39 is 0 Å². The largest absolute Gasteiger partial charge is 0.457 e. The van der Waals surface area contributed by atoms with Crippen LogP contribution in [0.4, 0.5) is 15.8 Å². The van der Waals surface area contributed by atoms with Gasteiger partial charge in [-0.05, 0) is 80.4 Å². The highest BCUT2D eigenvalue weighted by Crippen LogP contribution is 2.31. The van der Waals surface area contributed by atoms with Gasteiger partial charge in [-0.1, -0.05) is 18.2 Å². The first-order valence-corrected chi connectivity index (χ1v) is 11.4. The Morgan fingerprint density at radius 1 is 0.914 bits per heavy atom. The molecule has 7 heteroatoms. The van der Waals surface area contributed by atoms with E-state index in [-0.39, 0.29) is 17.5 Å². The normalized spacial score (nSPS) is 13.8. The van der Waals surface area contributed by atoms with Crippen LogP contribution in [0, 0.1) is 12.7 Å². The Bertz CT molecular complexity index is 1360. The van der Waals surface area contributed by atoms with Gasteiger partial charge in [0.25, 0.3) is 5.91 Å². The predicted octanol–water partition coefficient (Wildman–Crippen LogP) is 6.92. The molecule has 3 aromatic carbocycles. The van der Waals surface area contributed by atoms with Gasteiger partial charge in [-0.15, -0.1) is 0 Å². The lowest BCUT2D eigenvalue weighted by Crippen LogP contribution is -2.14. The van der Waals surface area contributed by atoms with Crippen LogP contribution in [0.25, 0.3) is 0 Å². The number of fused-ring (bicyclic) bond motifs is 1. The van der Waals surface area contributed by atoms with Crippen LogP contribution in [0.1, 0.15) is 40.3 Å². The molecule has 1 heterocycles. The summed E-state index contributed by atoms with van der Waals surface area (Å²) < 4.78 is 24.9. The van der Waals surface area contributed by atoms with Gasteiger partial charge in [-0.25, -0.2) is 4.39 Å². The van der Waals surface area contributed by atoms with E-state index in [1.54, 1.807) is 36.4 Å². The third kappa shape index (κ3) is 5.09. The summed E-state index contributed by atoms with van der Waals surface area (Å²) in [5.74, 6) is 1.82. The number of para-hydroxylation sites is 1. The lowest BCUT2D eigenvalue weighted by molar-refractivity contribution is 0.0994. The topological polar surface area (TPSA) is 75.9 Å². The molecule has 0 spiro atoms. The molecule has 176 valence electrons. The molecule has 35 heavy (non-hydrogen) atoms. The fourth-order valence-electron chi connectivity index (χ4n) is 4.07. The zero-order valence-corrected chi connectivity index (χ0v) is 19.2. The number of ether oxygens (including phenoxy) is 1. The summed E-state index contributed by atoms with van der Waals surface area (Å²) in [6.07, 6.45) is 2.36. The number of amides is 1. The molecule has 1 amide bonds. The van der Waals surface area contributed by atoms with Crippen molar-refractivity contribution in [3.05, 3.63) is 107 Å². The lowest BCUT2D eigenvalue weighted by Gasteiger charge is -2.13. The van der Waals surface area contributed by atoms with Crippen LogP contribution >= 0.6 is 0 Å². The van der Waals surface area contributed by atoms with Crippen molar-refractivity contribution in [3.63, 3.8) is 0 Å². The van der Waals surface area contributed by atoms with Crippen LogP contribution in [0.15, 0.2) is 88.4 Å². The lowest BCUT2D eigenvalue weighted by atomic mass is 9.93. The summed E-state index contributed by atoms with van der Waals surface area (Å²) in [6.45, 7) is 1.87. The number of hydrogen-bond donors (Lipinski definition) is 2. The molecule has 5 rings (SSSR count). The minimum Gasteiger partial charge on any atom is -0.457 e. The van der Waals surface area contributed by atoms with Crippen LogP contribution in [0.3, 0.4) is 0 Å². The number of hydrogen-bond acceptors (Lipinski definition) is 5. The standard InChI is InChI=1S/C28H24FN3O3/c1-18-26-24(32-31-21-12-10-19(29)11-13-21)8-5-9-25(26)35-27(18)28(33)30-20-14-16-23(17-15-20)34-22-6-3-2-4-7-22/h2-4,6-7,10-17,31H,5,8-9H2,1H3,(H,30,33)/b32-24+. The van der Waals surface area contributed by atoms with Crippen molar-refractivity contribution >= 4 is 23.0 Å². The smallest absolute Gasteiger partial charge is 0.291 e. The molecule has 0 aliphatic heterocycles. The third-order valence-electron chi connectivity index (χ3n) is 5.79. The van der Waals surface area contributed by atoms with E-state index in [9.17, 15) is 9.18 Å². The summed E-state index contributed by atoms with van der Waals surface area (Å²) >= 11 is 0. The van der Waals surface area contributed by atoms with E-state index in [0.717, 1.165) is 47.6 Å². The summed E-state index contributed by atoms with van der Waals surface area (Å²) in [4.78, 5) is 13.0. The molecule has 0 bridgehead atoms. The summed E-state index contributed by atoms with van der Waals surface area (Å²) in [7, 11) is 0. The van der Waals surface area contributed by atoms with Gasteiger partial charge in [0, 0.05) is 23.2 Å². The minimum atomic E-state index is -0.320. The van der Waals surface area contributed by atoms with E-state index in [1.165, 1.54) is 12.1 Å². The van der Waals surface area contributed by atoms with Gasteiger partial charge in [0.05, 0.1) is 11.4 Å². The molecule has 0 saturated heterocycles. The Labute approximate surface area is 202 Å². The van der Waals surface area contributed by atoms with E-state index in [0.29, 0.717) is 17.1 Å². The number of halogens is 1. The van der Waals surface area contributed by atoms with E-state index in [4.69, 9.17) is 9.15 Å². The molecule has 0 saturated carbocycles. The van der Waals surface area contributed by atoms with Crippen molar-refractivity contribution in [2.24, 2.45) is 5.10 Å². The molecule has 0 fully saturated rings. The first-order chi connectivity index (χ1) is 17.1. The second-order valence-electron chi connectivity index (χ2n) is 8.28. The Hall–Kier alpha value is -4.39. The number of benzene rings is 3. The molecule has 4 aromatic rings. The number of hydrazone groups is 1. The number of anilines is 2. The van der Waals surface area contributed by atoms with Crippen molar-refractivity contribution in [3.8, 4) is 11.5 Å². The van der Waals surface area contributed by atoms with Gasteiger partial charge in [0.2, 0.25) is 0 Å². The number of carbonyl (C=O) groups is 1. The van der Waals surface area contributed by atoms with Gasteiger partial charge in [-0.2, -0.15) is 5.10 Å². The molecule has 0 radical (unpaired) electrons. The van der Waals surface area contributed by atoms with Crippen LogP contribution in [0.5, 0.6) is 11.5 Å². The minimum absolute atomic E-state index is 0.274. The average Bonchev–Trinajstić information content (AvgIpc) is 3.23. The molecule has 2 N–H and O–H groups in total. The van der Waals surface area contributed by atoms with Gasteiger partial charge in [-0.3, -0.25) is 10.2 Å². The Balaban J connectivity index is 1.30. The Kier molecular flexibility index (Phi) is 6.30. The molecule has 6 nitrogen and oxygen atoms in total. The van der Waals surface area contributed by atoms with Crippen molar-refractivity contribution in [1.29, 1.82) is 0 Å². The van der Waals surface area contributed by atoms with Crippen molar-refractivity contribution in [1.82, 2.24) is 0 Å². The number of carbonyl (C=O) groups excluding carboxylic acids is 1. The molecule has 1 aromatic heterocycles. The molecule has 1 aliphatic carbocycles. The number of nitrogens with zero attached hydrogens (tertiary/aromatic N) is 1. The number of nitrogens with one attached hydrogen (secondary N) is 2. The highest BCUT2D eigenvalue weighted by molar-refractivity contribution is 6.09. The van der Waals surface area contributed by atoms with E-state index >= 15 is 0 Å². The van der Waals surface area contributed by atoms with Crippen LogP contribution in [0.2, 0.25) is 0 Å². The predicted molar refractivity (Wildman–Crippen MR) is 134 cm³/mol. The second-order valence-corrected chi connectivity index (χ2v) is 8.28. The van der Waals surface area contributed by atoms with E-state index in [1.807, 2.05) is 37.3 Å². The Morgan fingerprint density at radius 2 is 1.60 bits per heavy atom. The van der Waals surface area contributed by atoms with Gasteiger partial charge in [0.15, 0.2) is 5.76 Å². The van der Waals surface area contributed by atoms with E-state index in [2.05, 4.69) is 15.8 Å². The van der Waals surface area contributed by atoms with Crippen LogP contribution in [-0.4, -0.2) is 11.6 Å². The molecular formula is C28H24FN3O3. The first-order valence-electron chi connectivity index (χ1n) is 11.4. The Morgan fingerprint density at radius 3 is 2.34 bits per heavy atom. The van der Waals surface area contributed by atoms with Crippen molar-refractivity contribution in [2.75, 3.05) is 10.7 Å². The summed E-state index contributed by atoms with van der Waals surface area (Å²) in [5, 5.41) is 7.42. The van der Waals surface area contributed by atoms with Crippen molar-refractivity contribution < 1.29 is 18.3 Å². The maximum atomic E-state index is 13.2. The monoisotopic (exact) mass is 469 g/mol. The maximum Gasteiger partial charge on any atom is 0.291 e. The fourth-order valence-corrected chi connectivity index (χ4v) is 4.07. The highest BCUT2D eigenvalue weighted by Gasteiger charge is 2.28. The molecule has 1 aliphatic rings. The maximum absolute atomic E-state index is 13.2. The number of furan rings is 1. The van der Waals surface area contributed by atoms with Gasteiger partial charge < -0.3 is 14.5 Å². The van der Waals surface area contributed by atoms with Crippen LogP contribution in [-0.2, 0) is 6.42 Å². The van der Waals surface area contributed by atoms with Gasteiger partial charge in [0.1, 0.15) is 23.1 Å². The molecule has 0 atom stereocenters. The molecular weight excluding hydrogens is 445 g/mol. The summed E-state index contributed by atoms with van der Waals surface area (Å²) in [6, 6.07) is 22.7. The SMILES string of the molecule is Cc1c(C(=O)Nc2ccc(Oc3ccccc3)cc2)oc2c1/C(=N/Nc1ccc(F)cc1)CCC2. The number of rotatable bonds is 6. The molecule has 0 unspecified atom stereocenters. The first kappa shape index (κ1) is 22.4. The number of aryl methyl sites for hydroxylation is 1. The average molecular weight is 470 g/mol.